The normalized spacial score (nSPS) is 11.0. The van der Waals surface area contributed by atoms with E-state index in [1.807, 2.05) is 55.5 Å². The van der Waals surface area contributed by atoms with E-state index in [1.54, 1.807) is 7.11 Å². The molecule has 33 heavy (non-hydrogen) atoms. The van der Waals surface area contributed by atoms with Crippen molar-refractivity contribution in [1.29, 1.82) is 0 Å². The van der Waals surface area contributed by atoms with E-state index in [0.717, 1.165) is 71.5 Å². The number of fused-ring (bicyclic) bond motifs is 1. The number of benzene rings is 3. The molecule has 1 heterocycles. The summed E-state index contributed by atoms with van der Waals surface area (Å²) in [6.07, 6.45) is 3.90. The number of unbranched alkanes of at least 4 members (excludes halogenated alkanes) is 2. The molecule has 3 aromatic carbocycles. The molecule has 5 heteroatoms. The zero-order valence-electron chi connectivity index (χ0n) is 19.4. The van der Waals surface area contributed by atoms with Crippen LogP contribution in [0.3, 0.4) is 0 Å². The van der Waals surface area contributed by atoms with E-state index in [1.165, 1.54) is 0 Å². The van der Waals surface area contributed by atoms with Gasteiger partial charge in [0.15, 0.2) is 0 Å². The monoisotopic (exact) mass is 441 g/mol. The number of nitrogens with zero attached hydrogens (tertiary/aromatic N) is 2. The van der Waals surface area contributed by atoms with Crippen molar-refractivity contribution in [3.63, 3.8) is 0 Å². The quantitative estimate of drug-likeness (QED) is 0.329. The summed E-state index contributed by atoms with van der Waals surface area (Å²) in [6.45, 7) is 3.41. The molecule has 0 aliphatic rings. The van der Waals surface area contributed by atoms with Crippen molar-refractivity contribution in [1.82, 2.24) is 14.9 Å². The van der Waals surface area contributed by atoms with Gasteiger partial charge in [0.2, 0.25) is 0 Å². The van der Waals surface area contributed by atoms with Crippen LogP contribution in [0.15, 0.2) is 72.8 Å². The van der Waals surface area contributed by atoms with Gasteiger partial charge in [-0.05, 0) is 50.1 Å². The molecule has 1 amide bonds. The fourth-order valence-corrected chi connectivity index (χ4v) is 4.17. The molecule has 1 N–H and O–H groups in total. The number of amides is 1. The van der Waals surface area contributed by atoms with Crippen LogP contribution in [0.1, 0.15) is 46.6 Å². The van der Waals surface area contributed by atoms with E-state index in [4.69, 9.17) is 9.72 Å². The predicted octanol–water partition coefficient (Wildman–Crippen LogP) is 5.54. The van der Waals surface area contributed by atoms with Crippen LogP contribution in [0.5, 0.6) is 5.75 Å². The van der Waals surface area contributed by atoms with Crippen LogP contribution in [-0.4, -0.2) is 29.1 Å². The zero-order chi connectivity index (χ0) is 23.0. The Bertz CT molecular complexity index is 1230. The highest BCUT2D eigenvalue weighted by Crippen LogP contribution is 2.24. The van der Waals surface area contributed by atoms with E-state index in [2.05, 4.69) is 34.1 Å². The van der Waals surface area contributed by atoms with E-state index in [0.29, 0.717) is 6.54 Å². The fraction of sp³-hybridized carbons (Fsp3) is 0.286. The minimum Gasteiger partial charge on any atom is -0.496 e. The molecule has 0 saturated carbocycles. The number of aromatic nitrogens is 2. The van der Waals surface area contributed by atoms with Gasteiger partial charge in [0.25, 0.3) is 5.91 Å². The summed E-state index contributed by atoms with van der Waals surface area (Å²) in [7, 11) is 1.71. The maximum atomic E-state index is 12.3. The lowest BCUT2D eigenvalue weighted by molar-refractivity contribution is 0.0953. The largest absolute Gasteiger partial charge is 0.496 e. The molecular weight excluding hydrogens is 410 g/mol. The second-order valence-corrected chi connectivity index (χ2v) is 8.35. The van der Waals surface area contributed by atoms with Crippen LogP contribution in [0.2, 0.25) is 0 Å². The van der Waals surface area contributed by atoms with E-state index in [-0.39, 0.29) is 5.91 Å². The van der Waals surface area contributed by atoms with Crippen LogP contribution in [0, 0.1) is 6.92 Å². The van der Waals surface area contributed by atoms with Gasteiger partial charge in [-0.15, -0.1) is 0 Å². The number of ether oxygens (including phenoxy) is 1. The Morgan fingerprint density at radius 2 is 1.79 bits per heavy atom. The van der Waals surface area contributed by atoms with Crippen molar-refractivity contribution in [3.05, 3.63) is 95.3 Å². The third-order valence-corrected chi connectivity index (χ3v) is 5.90. The number of rotatable bonds is 10. The third kappa shape index (κ3) is 5.61. The Morgan fingerprint density at radius 1 is 0.970 bits per heavy atom. The average Bonchev–Trinajstić information content (AvgIpc) is 3.18. The molecule has 4 rings (SSSR count). The second-order valence-electron chi connectivity index (χ2n) is 8.35. The standard InChI is InChI=1S/C28H31N3O2/c1-21-11-10-13-22(19-21)28(32)29-18-9-3-4-17-27-30-24-14-6-7-15-25(24)31(27)20-23-12-5-8-16-26(23)33-2/h5-8,10-16,19H,3-4,9,17-18,20H2,1-2H3,(H,29,32). The molecule has 0 saturated heterocycles. The van der Waals surface area contributed by atoms with Gasteiger partial charge in [-0.1, -0.05) is 54.4 Å². The highest BCUT2D eigenvalue weighted by Gasteiger charge is 2.13. The Balaban J connectivity index is 1.35. The van der Waals surface area contributed by atoms with Crippen LogP contribution < -0.4 is 10.1 Å². The topological polar surface area (TPSA) is 56.1 Å². The molecule has 4 aromatic rings. The molecular formula is C28H31N3O2. The number of hydrogen-bond acceptors (Lipinski definition) is 3. The molecule has 0 atom stereocenters. The SMILES string of the molecule is COc1ccccc1Cn1c(CCCCCNC(=O)c2cccc(C)c2)nc2ccccc21. The second kappa shape index (κ2) is 10.8. The molecule has 0 radical (unpaired) electrons. The zero-order valence-corrected chi connectivity index (χ0v) is 19.4. The van der Waals surface area contributed by atoms with Gasteiger partial charge in [0.1, 0.15) is 11.6 Å². The molecule has 5 nitrogen and oxygen atoms in total. The first kappa shape index (κ1) is 22.6. The van der Waals surface area contributed by atoms with Crippen LogP contribution in [0.25, 0.3) is 11.0 Å². The highest BCUT2D eigenvalue weighted by molar-refractivity contribution is 5.94. The summed E-state index contributed by atoms with van der Waals surface area (Å²) >= 11 is 0. The van der Waals surface area contributed by atoms with E-state index >= 15 is 0 Å². The Labute approximate surface area is 195 Å². The first-order chi connectivity index (χ1) is 16.2. The van der Waals surface area contributed by atoms with Gasteiger partial charge in [-0.2, -0.15) is 0 Å². The van der Waals surface area contributed by atoms with Gasteiger partial charge < -0.3 is 14.6 Å². The number of imidazole rings is 1. The van der Waals surface area contributed by atoms with Crippen LogP contribution in [-0.2, 0) is 13.0 Å². The van der Waals surface area contributed by atoms with Gasteiger partial charge in [0.05, 0.1) is 24.7 Å². The summed E-state index contributed by atoms with van der Waals surface area (Å²) in [5.74, 6) is 1.98. The van der Waals surface area contributed by atoms with Gasteiger partial charge in [0, 0.05) is 24.1 Å². The summed E-state index contributed by atoms with van der Waals surface area (Å²) in [6, 6.07) is 24.1. The predicted molar refractivity (Wildman–Crippen MR) is 133 cm³/mol. The van der Waals surface area contributed by atoms with Crippen molar-refractivity contribution in [2.75, 3.05) is 13.7 Å². The fourth-order valence-electron chi connectivity index (χ4n) is 4.17. The Kier molecular flexibility index (Phi) is 7.40. The number of hydrogen-bond donors (Lipinski definition) is 1. The maximum Gasteiger partial charge on any atom is 0.251 e. The summed E-state index contributed by atoms with van der Waals surface area (Å²) in [5.41, 5.74) is 5.12. The number of aryl methyl sites for hydroxylation is 2. The van der Waals surface area contributed by atoms with E-state index < -0.39 is 0 Å². The van der Waals surface area contributed by atoms with Crippen molar-refractivity contribution >= 4 is 16.9 Å². The molecule has 170 valence electrons. The molecule has 0 fully saturated rings. The van der Waals surface area contributed by atoms with Gasteiger partial charge in [-0.3, -0.25) is 4.79 Å². The number of para-hydroxylation sites is 3. The maximum absolute atomic E-state index is 12.3. The Morgan fingerprint density at radius 3 is 2.64 bits per heavy atom. The van der Waals surface area contributed by atoms with E-state index in [9.17, 15) is 4.79 Å². The number of nitrogens with one attached hydrogen (secondary N) is 1. The van der Waals surface area contributed by atoms with Crippen LogP contribution in [0.4, 0.5) is 0 Å². The third-order valence-electron chi connectivity index (χ3n) is 5.90. The minimum atomic E-state index is -0.00250. The lowest BCUT2D eigenvalue weighted by Crippen LogP contribution is -2.24. The molecule has 0 aliphatic heterocycles. The number of carbonyl (C=O) groups is 1. The van der Waals surface area contributed by atoms with Crippen LogP contribution >= 0.6 is 0 Å². The Hall–Kier alpha value is -3.60. The lowest BCUT2D eigenvalue weighted by Gasteiger charge is -2.12. The van der Waals surface area contributed by atoms with Gasteiger partial charge in [-0.25, -0.2) is 4.98 Å². The van der Waals surface area contributed by atoms with Crippen molar-refractivity contribution in [2.45, 2.75) is 39.2 Å². The first-order valence-corrected chi connectivity index (χ1v) is 11.6. The van der Waals surface area contributed by atoms with Gasteiger partial charge >= 0.3 is 0 Å². The molecule has 0 unspecified atom stereocenters. The summed E-state index contributed by atoms with van der Waals surface area (Å²) < 4.78 is 7.86. The lowest BCUT2D eigenvalue weighted by atomic mass is 10.1. The minimum absolute atomic E-state index is 0.00250. The number of carbonyl (C=O) groups excluding carboxylic acids is 1. The first-order valence-electron chi connectivity index (χ1n) is 11.6. The smallest absolute Gasteiger partial charge is 0.251 e. The summed E-state index contributed by atoms with van der Waals surface area (Å²) in [4.78, 5) is 17.2. The molecule has 1 aromatic heterocycles. The van der Waals surface area contributed by atoms with Crippen molar-refractivity contribution in [3.8, 4) is 5.75 Å². The number of methoxy groups -OCH3 is 1. The molecule has 0 bridgehead atoms. The molecule has 0 spiro atoms. The summed E-state index contributed by atoms with van der Waals surface area (Å²) in [5, 5.41) is 3.03. The average molecular weight is 442 g/mol. The highest BCUT2D eigenvalue weighted by atomic mass is 16.5. The van der Waals surface area contributed by atoms with Crippen molar-refractivity contribution < 1.29 is 9.53 Å². The van der Waals surface area contributed by atoms with Crippen molar-refractivity contribution in [2.24, 2.45) is 0 Å². The molecule has 0 aliphatic carbocycles.